The minimum atomic E-state index is -0.385. The first-order valence-corrected chi connectivity index (χ1v) is 7.31. The number of nitrogens with one attached hydrogen (secondary N) is 1. The Morgan fingerprint density at radius 3 is 2.63 bits per heavy atom. The van der Waals surface area contributed by atoms with Gasteiger partial charge in [0.15, 0.2) is 0 Å². The molecular formula is C14H23ClN2O2. The van der Waals surface area contributed by atoms with Gasteiger partial charge in [-0.15, -0.1) is 0 Å². The second kappa shape index (κ2) is 7.53. The highest BCUT2D eigenvalue weighted by Crippen LogP contribution is 2.19. The Balaban J connectivity index is 2.89. The van der Waals surface area contributed by atoms with Crippen molar-refractivity contribution in [1.82, 2.24) is 10.2 Å². The average Bonchev–Trinajstić information content (AvgIpc) is 2.35. The van der Waals surface area contributed by atoms with Gasteiger partial charge in [0.1, 0.15) is 12.1 Å². The molecule has 4 nitrogen and oxygen atoms in total. The summed E-state index contributed by atoms with van der Waals surface area (Å²) >= 11 is 5.54. The van der Waals surface area contributed by atoms with E-state index in [0.29, 0.717) is 25.3 Å². The van der Waals surface area contributed by atoms with Gasteiger partial charge in [-0.3, -0.25) is 9.59 Å². The van der Waals surface area contributed by atoms with Crippen molar-refractivity contribution in [1.29, 1.82) is 0 Å². The number of nitrogens with zero attached hydrogens (tertiary/aromatic N) is 1. The van der Waals surface area contributed by atoms with Gasteiger partial charge in [0.2, 0.25) is 11.8 Å². The number of rotatable bonds is 6. The predicted molar refractivity (Wildman–Crippen MR) is 76.8 cm³/mol. The van der Waals surface area contributed by atoms with E-state index < -0.39 is 0 Å². The Hall–Kier alpha value is -1.03. The molecule has 1 N–H and O–H groups in total. The Labute approximate surface area is 120 Å². The van der Waals surface area contributed by atoms with E-state index in [0.717, 1.165) is 6.42 Å². The molecule has 1 aliphatic heterocycles. The van der Waals surface area contributed by atoms with Crippen molar-refractivity contribution in [3.05, 3.63) is 11.6 Å². The van der Waals surface area contributed by atoms with Crippen LogP contribution in [0.4, 0.5) is 0 Å². The first-order valence-electron chi connectivity index (χ1n) is 6.87. The molecule has 19 heavy (non-hydrogen) atoms. The van der Waals surface area contributed by atoms with Crippen molar-refractivity contribution < 1.29 is 9.59 Å². The normalized spacial score (nSPS) is 24.4. The van der Waals surface area contributed by atoms with Crippen molar-refractivity contribution in [3.8, 4) is 0 Å². The lowest BCUT2D eigenvalue weighted by Crippen LogP contribution is -2.63. The molecule has 2 atom stereocenters. The molecular weight excluding hydrogens is 264 g/mol. The maximum Gasteiger partial charge on any atom is 0.246 e. The van der Waals surface area contributed by atoms with Crippen LogP contribution in [0.15, 0.2) is 11.6 Å². The molecule has 1 fully saturated rings. The van der Waals surface area contributed by atoms with E-state index in [1.807, 2.05) is 20.8 Å². The maximum atomic E-state index is 12.4. The first-order chi connectivity index (χ1) is 9.01. The molecule has 0 aromatic carbocycles. The monoisotopic (exact) mass is 286 g/mol. The molecule has 2 amide bonds. The van der Waals surface area contributed by atoms with Gasteiger partial charge in [-0.05, 0) is 18.8 Å². The number of carbonyl (C=O) groups excluding carboxylic acids is 2. The van der Waals surface area contributed by atoms with Gasteiger partial charge in [0, 0.05) is 12.1 Å². The highest BCUT2D eigenvalue weighted by Gasteiger charge is 2.39. The minimum Gasteiger partial charge on any atom is -0.343 e. The summed E-state index contributed by atoms with van der Waals surface area (Å²) in [6.45, 7) is 6.49. The molecule has 0 spiro atoms. The molecule has 1 rings (SSSR count). The molecule has 1 saturated heterocycles. The Morgan fingerprint density at radius 2 is 2.11 bits per heavy atom. The van der Waals surface area contributed by atoms with Crippen LogP contribution in [0, 0.1) is 5.92 Å². The zero-order chi connectivity index (χ0) is 14.4. The predicted octanol–water partition coefficient (Wildman–Crippen LogP) is 2.28. The van der Waals surface area contributed by atoms with E-state index in [1.165, 1.54) is 5.54 Å². The van der Waals surface area contributed by atoms with Gasteiger partial charge < -0.3 is 10.2 Å². The molecule has 0 aromatic rings. The van der Waals surface area contributed by atoms with Gasteiger partial charge in [0.05, 0.1) is 0 Å². The van der Waals surface area contributed by atoms with Crippen LogP contribution in [-0.2, 0) is 9.59 Å². The number of amides is 2. The van der Waals surface area contributed by atoms with E-state index in [9.17, 15) is 9.59 Å². The maximum absolute atomic E-state index is 12.4. The van der Waals surface area contributed by atoms with Crippen molar-refractivity contribution in [2.75, 3.05) is 6.54 Å². The van der Waals surface area contributed by atoms with Gasteiger partial charge in [-0.25, -0.2) is 0 Å². The lowest BCUT2D eigenvalue weighted by Gasteiger charge is -2.39. The van der Waals surface area contributed by atoms with Crippen LogP contribution in [0.25, 0.3) is 0 Å². The summed E-state index contributed by atoms with van der Waals surface area (Å²) < 4.78 is 0. The first kappa shape index (κ1) is 16.0. The number of hydrogen-bond donors (Lipinski definition) is 1. The standard InChI is InChI=1S/C14H23ClN2O2/c1-4-6-11-14(19)17(8-5-7-15)12(9-10(2)3)13(18)16-11/h5,7,10-12H,4,6,8-9H2,1-3H3,(H,16,18)/b7-5+. The fourth-order valence-electron chi connectivity index (χ4n) is 2.36. The summed E-state index contributed by atoms with van der Waals surface area (Å²) in [6, 6.07) is -0.766. The Kier molecular flexibility index (Phi) is 6.35. The lowest BCUT2D eigenvalue weighted by atomic mass is 9.96. The zero-order valence-electron chi connectivity index (χ0n) is 11.9. The number of carbonyl (C=O) groups is 2. The zero-order valence-corrected chi connectivity index (χ0v) is 12.6. The van der Waals surface area contributed by atoms with Crippen molar-refractivity contribution in [2.45, 2.75) is 52.1 Å². The summed E-state index contributed by atoms with van der Waals surface area (Å²) in [5.74, 6) is 0.311. The average molecular weight is 287 g/mol. The van der Waals surface area contributed by atoms with E-state index in [2.05, 4.69) is 5.32 Å². The SMILES string of the molecule is CCCC1NC(=O)C(CC(C)C)N(C/C=C/Cl)C1=O. The van der Waals surface area contributed by atoms with Crippen LogP contribution in [0.5, 0.6) is 0 Å². The Bertz CT molecular complexity index is 355. The topological polar surface area (TPSA) is 49.4 Å². The third kappa shape index (κ3) is 4.23. The van der Waals surface area contributed by atoms with Crippen molar-refractivity contribution >= 4 is 23.4 Å². The molecule has 0 saturated carbocycles. The fourth-order valence-corrected chi connectivity index (χ4v) is 2.44. The van der Waals surface area contributed by atoms with Gasteiger partial charge >= 0.3 is 0 Å². The van der Waals surface area contributed by atoms with Gasteiger partial charge in [-0.1, -0.05) is 44.9 Å². The van der Waals surface area contributed by atoms with E-state index in [-0.39, 0.29) is 23.9 Å². The van der Waals surface area contributed by atoms with E-state index >= 15 is 0 Å². The number of hydrogen-bond acceptors (Lipinski definition) is 2. The second-order valence-corrected chi connectivity index (χ2v) is 5.60. The Morgan fingerprint density at radius 1 is 1.42 bits per heavy atom. The molecule has 0 radical (unpaired) electrons. The van der Waals surface area contributed by atoms with Crippen LogP contribution in [0.3, 0.4) is 0 Å². The highest BCUT2D eigenvalue weighted by atomic mass is 35.5. The molecule has 2 unspecified atom stereocenters. The van der Waals surface area contributed by atoms with E-state index in [4.69, 9.17) is 11.6 Å². The number of piperazine rings is 1. The summed E-state index contributed by atoms with van der Waals surface area (Å²) in [5.41, 5.74) is 1.39. The van der Waals surface area contributed by atoms with Crippen molar-refractivity contribution in [2.24, 2.45) is 5.92 Å². The third-order valence-corrected chi connectivity index (χ3v) is 3.42. The molecule has 5 heteroatoms. The second-order valence-electron chi connectivity index (χ2n) is 5.35. The molecule has 1 heterocycles. The van der Waals surface area contributed by atoms with Gasteiger partial charge in [-0.2, -0.15) is 0 Å². The summed E-state index contributed by atoms with van der Waals surface area (Å²) in [6.07, 6.45) is 3.92. The van der Waals surface area contributed by atoms with Gasteiger partial charge in [0.25, 0.3) is 0 Å². The van der Waals surface area contributed by atoms with Crippen LogP contribution in [-0.4, -0.2) is 35.3 Å². The quantitative estimate of drug-likeness (QED) is 0.814. The molecule has 108 valence electrons. The van der Waals surface area contributed by atoms with Crippen LogP contribution in [0.1, 0.15) is 40.0 Å². The molecule has 1 aliphatic rings. The summed E-state index contributed by atoms with van der Waals surface area (Å²) in [5, 5.41) is 2.84. The largest absolute Gasteiger partial charge is 0.343 e. The molecule has 0 bridgehead atoms. The summed E-state index contributed by atoms with van der Waals surface area (Å²) in [7, 11) is 0. The van der Waals surface area contributed by atoms with Crippen LogP contribution >= 0.6 is 11.6 Å². The molecule has 0 aromatic heterocycles. The van der Waals surface area contributed by atoms with Crippen LogP contribution < -0.4 is 5.32 Å². The number of halogens is 1. The minimum absolute atomic E-state index is 0.00173. The third-order valence-electron chi connectivity index (χ3n) is 3.24. The smallest absolute Gasteiger partial charge is 0.246 e. The highest BCUT2D eigenvalue weighted by molar-refractivity contribution is 6.25. The fraction of sp³-hybridized carbons (Fsp3) is 0.714. The van der Waals surface area contributed by atoms with Crippen molar-refractivity contribution in [3.63, 3.8) is 0 Å². The van der Waals surface area contributed by atoms with Crippen LogP contribution in [0.2, 0.25) is 0 Å². The van der Waals surface area contributed by atoms with E-state index in [1.54, 1.807) is 11.0 Å². The summed E-state index contributed by atoms with van der Waals surface area (Å²) in [4.78, 5) is 26.2. The molecule has 0 aliphatic carbocycles. The lowest BCUT2D eigenvalue weighted by molar-refractivity contribution is -0.149.